The van der Waals surface area contributed by atoms with E-state index in [0.717, 1.165) is 18.4 Å². The number of unbranched alkanes of at least 4 members (excludes halogenated alkanes) is 1. The minimum Gasteiger partial charge on any atom is -0.462 e. The van der Waals surface area contributed by atoms with Crippen molar-refractivity contribution < 1.29 is 14.3 Å². The Morgan fingerprint density at radius 3 is 2.69 bits per heavy atom. The highest BCUT2D eigenvalue weighted by molar-refractivity contribution is 6.30. The van der Waals surface area contributed by atoms with E-state index in [-0.39, 0.29) is 6.03 Å². The Kier molecular flexibility index (Phi) is 7.96. The molecule has 0 bridgehead atoms. The molecule has 0 aliphatic carbocycles. The molecule has 0 saturated heterocycles. The number of para-hydroxylation sites is 1. The first-order valence-corrected chi connectivity index (χ1v) is 9.03. The molecule has 0 aliphatic rings. The monoisotopic (exact) mass is 374 g/mol. The van der Waals surface area contributed by atoms with Crippen LogP contribution in [0.3, 0.4) is 0 Å². The highest BCUT2D eigenvalue weighted by Gasteiger charge is 2.14. The summed E-state index contributed by atoms with van der Waals surface area (Å²) >= 11 is 5.94. The summed E-state index contributed by atoms with van der Waals surface area (Å²) in [5, 5.41) is 6.14. The average molecular weight is 375 g/mol. The lowest BCUT2D eigenvalue weighted by Gasteiger charge is -2.12. The lowest BCUT2D eigenvalue weighted by atomic mass is 10.1. The number of rotatable bonds is 8. The van der Waals surface area contributed by atoms with Crippen LogP contribution >= 0.6 is 11.6 Å². The van der Waals surface area contributed by atoms with Crippen LogP contribution in [0.25, 0.3) is 0 Å². The van der Waals surface area contributed by atoms with Crippen molar-refractivity contribution in [2.24, 2.45) is 0 Å². The van der Waals surface area contributed by atoms with E-state index in [1.807, 2.05) is 31.2 Å². The summed E-state index contributed by atoms with van der Waals surface area (Å²) in [6, 6.07) is 13.9. The summed E-state index contributed by atoms with van der Waals surface area (Å²) in [4.78, 5) is 24.3. The molecule has 2 N–H and O–H groups in total. The van der Waals surface area contributed by atoms with E-state index < -0.39 is 5.97 Å². The van der Waals surface area contributed by atoms with Crippen molar-refractivity contribution in [2.45, 2.75) is 26.2 Å². The lowest BCUT2D eigenvalue weighted by molar-refractivity contribution is 0.0501. The van der Waals surface area contributed by atoms with E-state index in [1.54, 1.807) is 24.3 Å². The van der Waals surface area contributed by atoms with Gasteiger partial charge in [0.25, 0.3) is 0 Å². The lowest BCUT2D eigenvalue weighted by Crippen LogP contribution is -2.31. The number of halogens is 1. The molecule has 5 nitrogen and oxygen atoms in total. The quantitative estimate of drug-likeness (QED) is 0.521. The average Bonchev–Trinajstić information content (AvgIpc) is 2.62. The molecule has 138 valence electrons. The molecule has 0 aromatic heterocycles. The molecule has 0 unspecified atom stereocenters. The van der Waals surface area contributed by atoms with Gasteiger partial charge in [0.2, 0.25) is 0 Å². The fraction of sp³-hybridized carbons (Fsp3) is 0.300. The van der Waals surface area contributed by atoms with Crippen LogP contribution in [0.2, 0.25) is 5.02 Å². The van der Waals surface area contributed by atoms with Gasteiger partial charge in [0.05, 0.1) is 17.9 Å². The molecule has 2 amide bonds. The number of ether oxygens (including phenoxy) is 1. The molecule has 0 spiro atoms. The van der Waals surface area contributed by atoms with Gasteiger partial charge >= 0.3 is 12.0 Å². The van der Waals surface area contributed by atoms with Gasteiger partial charge in [0, 0.05) is 11.6 Å². The third-order valence-electron chi connectivity index (χ3n) is 3.71. The molecular formula is C20H23ClN2O3. The summed E-state index contributed by atoms with van der Waals surface area (Å²) in [5.41, 5.74) is 1.81. The standard InChI is InChI=1S/C20H23ClN2O3/c1-2-3-13-26-19(24)17-9-4-5-10-18(17)23-20(25)22-12-11-15-7-6-8-16(21)14-15/h4-10,14H,2-3,11-13H2,1H3,(H2,22,23,25). The van der Waals surface area contributed by atoms with Crippen LogP contribution in [0.5, 0.6) is 0 Å². The second-order valence-corrected chi connectivity index (χ2v) is 6.23. The van der Waals surface area contributed by atoms with Gasteiger partial charge in [-0.15, -0.1) is 0 Å². The topological polar surface area (TPSA) is 67.4 Å². The Morgan fingerprint density at radius 2 is 1.92 bits per heavy atom. The molecular weight excluding hydrogens is 352 g/mol. The van der Waals surface area contributed by atoms with Crippen LogP contribution in [0, 0.1) is 0 Å². The number of carbonyl (C=O) groups is 2. The van der Waals surface area contributed by atoms with Crippen molar-refractivity contribution in [2.75, 3.05) is 18.5 Å². The van der Waals surface area contributed by atoms with Crippen molar-refractivity contribution in [1.82, 2.24) is 5.32 Å². The normalized spacial score (nSPS) is 10.2. The zero-order chi connectivity index (χ0) is 18.8. The second-order valence-electron chi connectivity index (χ2n) is 5.80. The highest BCUT2D eigenvalue weighted by Crippen LogP contribution is 2.16. The summed E-state index contributed by atoms with van der Waals surface area (Å²) in [6.45, 7) is 2.85. The maximum atomic E-state index is 12.1. The number of hydrogen-bond acceptors (Lipinski definition) is 3. The number of urea groups is 1. The van der Waals surface area contributed by atoms with E-state index >= 15 is 0 Å². The van der Waals surface area contributed by atoms with Gasteiger partial charge < -0.3 is 15.4 Å². The van der Waals surface area contributed by atoms with Crippen LogP contribution in [-0.2, 0) is 11.2 Å². The van der Waals surface area contributed by atoms with Gasteiger partial charge in [-0.3, -0.25) is 0 Å². The third-order valence-corrected chi connectivity index (χ3v) is 3.95. The van der Waals surface area contributed by atoms with E-state index in [4.69, 9.17) is 16.3 Å². The van der Waals surface area contributed by atoms with Crippen LogP contribution < -0.4 is 10.6 Å². The molecule has 0 fully saturated rings. The maximum Gasteiger partial charge on any atom is 0.340 e. The minimum atomic E-state index is -0.437. The van der Waals surface area contributed by atoms with E-state index in [1.165, 1.54) is 0 Å². The van der Waals surface area contributed by atoms with Crippen molar-refractivity contribution >= 4 is 29.3 Å². The molecule has 0 atom stereocenters. The predicted octanol–water partition coefficient (Wildman–Crippen LogP) is 4.66. The van der Waals surface area contributed by atoms with Gasteiger partial charge in [0.1, 0.15) is 0 Å². The fourth-order valence-corrected chi connectivity index (χ4v) is 2.55. The van der Waals surface area contributed by atoms with E-state index in [0.29, 0.717) is 35.8 Å². The number of hydrogen-bond donors (Lipinski definition) is 2. The van der Waals surface area contributed by atoms with Crippen molar-refractivity contribution in [1.29, 1.82) is 0 Å². The minimum absolute atomic E-state index is 0.341. The number of anilines is 1. The molecule has 2 aromatic carbocycles. The van der Waals surface area contributed by atoms with Crippen LogP contribution in [0.1, 0.15) is 35.7 Å². The molecule has 0 aliphatic heterocycles. The summed E-state index contributed by atoms with van der Waals surface area (Å²) < 4.78 is 5.22. The molecule has 2 rings (SSSR count). The van der Waals surface area contributed by atoms with Gasteiger partial charge in [-0.25, -0.2) is 9.59 Å². The number of amides is 2. The van der Waals surface area contributed by atoms with Crippen molar-refractivity contribution in [3.8, 4) is 0 Å². The van der Waals surface area contributed by atoms with Crippen LogP contribution in [0.4, 0.5) is 10.5 Å². The molecule has 26 heavy (non-hydrogen) atoms. The second kappa shape index (κ2) is 10.5. The number of benzene rings is 2. The van der Waals surface area contributed by atoms with E-state index in [2.05, 4.69) is 10.6 Å². The summed E-state index contributed by atoms with van der Waals surface area (Å²) in [5.74, 6) is -0.437. The predicted molar refractivity (Wildman–Crippen MR) is 104 cm³/mol. The van der Waals surface area contributed by atoms with Gasteiger partial charge in [-0.1, -0.05) is 49.2 Å². The SMILES string of the molecule is CCCCOC(=O)c1ccccc1NC(=O)NCCc1cccc(Cl)c1. The maximum absolute atomic E-state index is 12.1. The molecule has 0 heterocycles. The number of esters is 1. The Morgan fingerprint density at radius 1 is 1.12 bits per heavy atom. The molecule has 2 aromatic rings. The first kappa shape index (κ1) is 19.8. The Labute approximate surface area is 158 Å². The Bertz CT molecular complexity index is 749. The number of carbonyl (C=O) groups excluding carboxylic acids is 2. The van der Waals surface area contributed by atoms with Gasteiger partial charge in [-0.2, -0.15) is 0 Å². The third kappa shape index (κ3) is 6.41. The van der Waals surface area contributed by atoms with Crippen LogP contribution in [-0.4, -0.2) is 25.2 Å². The Balaban J connectivity index is 1.87. The van der Waals surface area contributed by atoms with Gasteiger partial charge in [-0.05, 0) is 42.7 Å². The first-order valence-electron chi connectivity index (χ1n) is 8.65. The Hall–Kier alpha value is -2.53. The van der Waals surface area contributed by atoms with Gasteiger partial charge in [0.15, 0.2) is 0 Å². The molecule has 0 saturated carbocycles. The molecule has 6 heteroatoms. The van der Waals surface area contributed by atoms with E-state index in [9.17, 15) is 9.59 Å². The highest BCUT2D eigenvalue weighted by atomic mass is 35.5. The smallest absolute Gasteiger partial charge is 0.340 e. The van der Waals surface area contributed by atoms with Crippen LogP contribution in [0.15, 0.2) is 48.5 Å². The van der Waals surface area contributed by atoms with Crippen molar-refractivity contribution in [3.05, 3.63) is 64.7 Å². The van der Waals surface area contributed by atoms with Crippen molar-refractivity contribution in [3.63, 3.8) is 0 Å². The molecule has 0 radical (unpaired) electrons. The fourth-order valence-electron chi connectivity index (χ4n) is 2.34. The number of nitrogens with one attached hydrogen (secondary N) is 2. The largest absolute Gasteiger partial charge is 0.462 e. The zero-order valence-electron chi connectivity index (χ0n) is 14.8. The zero-order valence-corrected chi connectivity index (χ0v) is 15.5. The summed E-state index contributed by atoms with van der Waals surface area (Å²) in [7, 11) is 0. The summed E-state index contributed by atoms with van der Waals surface area (Å²) in [6.07, 6.45) is 2.42. The first-order chi connectivity index (χ1) is 12.6.